The SMILES string of the molecule is CCOc1ccc(Br)cc1C(=O)CC(F)(F)F. The summed E-state index contributed by atoms with van der Waals surface area (Å²) < 4.78 is 42.1. The zero-order chi connectivity index (χ0) is 13.1. The third kappa shape index (κ3) is 4.38. The van der Waals surface area contributed by atoms with Gasteiger partial charge in [0.05, 0.1) is 12.2 Å². The van der Waals surface area contributed by atoms with Crippen molar-refractivity contribution in [3.05, 3.63) is 28.2 Å². The molecule has 1 rings (SSSR count). The first-order valence-electron chi connectivity index (χ1n) is 4.86. The molecule has 0 saturated carbocycles. The molecule has 0 aromatic heterocycles. The minimum atomic E-state index is -4.51. The number of alkyl halides is 3. The van der Waals surface area contributed by atoms with Crippen LogP contribution in [-0.4, -0.2) is 18.6 Å². The number of ether oxygens (including phenoxy) is 1. The molecule has 94 valence electrons. The molecule has 17 heavy (non-hydrogen) atoms. The van der Waals surface area contributed by atoms with Crippen molar-refractivity contribution in [2.45, 2.75) is 19.5 Å². The van der Waals surface area contributed by atoms with Crippen LogP contribution in [0.3, 0.4) is 0 Å². The van der Waals surface area contributed by atoms with Crippen molar-refractivity contribution < 1.29 is 22.7 Å². The Labute approximate surface area is 105 Å². The molecule has 0 aliphatic rings. The predicted octanol–water partition coefficient (Wildman–Crippen LogP) is 3.98. The van der Waals surface area contributed by atoms with Crippen LogP contribution in [0.2, 0.25) is 0 Å². The second-order valence-corrected chi connectivity index (χ2v) is 4.20. The molecular formula is C11H10BrF3O2. The minimum absolute atomic E-state index is 0.0569. The Morgan fingerprint density at radius 2 is 2.06 bits per heavy atom. The smallest absolute Gasteiger partial charge is 0.396 e. The van der Waals surface area contributed by atoms with E-state index in [-0.39, 0.29) is 17.9 Å². The molecule has 1 aromatic carbocycles. The van der Waals surface area contributed by atoms with Crippen LogP contribution in [0.25, 0.3) is 0 Å². The van der Waals surface area contributed by atoms with Gasteiger partial charge in [0.2, 0.25) is 0 Å². The quantitative estimate of drug-likeness (QED) is 0.786. The topological polar surface area (TPSA) is 26.3 Å². The van der Waals surface area contributed by atoms with Crippen LogP contribution in [-0.2, 0) is 0 Å². The Balaban J connectivity index is 3.02. The molecule has 0 heterocycles. The number of rotatable bonds is 4. The van der Waals surface area contributed by atoms with Crippen LogP contribution in [0.4, 0.5) is 13.2 Å². The fraction of sp³-hybridized carbons (Fsp3) is 0.364. The molecule has 0 aliphatic heterocycles. The summed E-state index contributed by atoms with van der Waals surface area (Å²) in [7, 11) is 0. The fourth-order valence-electron chi connectivity index (χ4n) is 1.28. The summed E-state index contributed by atoms with van der Waals surface area (Å²) >= 11 is 3.11. The van der Waals surface area contributed by atoms with Gasteiger partial charge in [0.15, 0.2) is 5.78 Å². The van der Waals surface area contributed by atoms with Gasteiger partial charge in [-0.3, -0.25) is 4.79 Å². The third-order valence-corrected chi connectivity index (χ3v) is 2.40. The van der Waals surface area contributed by atoms with E-state index in [9.17, 15) is 18.0 Å². The van der Waals surface area contributed by atoms with Gasteiger partial charge in [0.1, 0.15) is 12.2 Å². The summed E-state index contributed by atoms with van der Waals surface area (Å²) in [6, 6.07) is 4.41. The summed E-state index contributed by atoms with van der Waals surface area (Å²) in [5.41, 5.74) is -0.0569. The molecule has 0 radical (unpaired) electrons. The van der Waals surface area contributed by atoms with Crippen LogP contribution in [0.15, 0.2) is 22.7 Å². The van der Waals surface area contributed by atoms with Gasteiger partial charge >= 0.3 is 6.18 Å². The van der Waals surface area contributed by atoms with E-state index in [1.165, 1.54) is 12.1 Å². The zero-order valence-electron chi connectivity index (χ0n) is 8.97. The van der Waals surface area contributed by atoms with Gasteiger partial charge in [-0.15, -0.1) is 0 Å². The lowest BCUT2D eigenvalue weighted by atomic mass is 10.1. The van der Waals surface area contributed by atoms with Gasteiger partial charge in [-0.2, -0.15) is 13.2 Å². The maximum absolute atomic E-state index is 12.1. The van der Waals surface area contributed by atoms with Crippen molar-refractivity contribution in [3.63, 3.8) is 0 Å². The fourth-order valence-corrected chi connectivity index (χ4v) is 1.64. The number of halogens is 4. The van der Waals surface area contributed by atoms with Gasteiger partial charge in [-0.1, -0.05) is 15.9 Å². The Hall–Kier alpha value is -1.04. The highest BCUT2D eigenvalue weighted by Crippen LogP contribution is 2.28. The predicted molar refractivity (Wildman–Crippen MR) is 60.3 cm³/mol. The lowest BCUT2D eigenvalue weighted by molar-refractivity contribution is -0.125. The van der Waals surface area contributed by atoms with E-state index in [2.05, 4.69) is 15.9 Å². The number of benzene rings is 1. The van der Waals surface area contributed by atoms with E-state index in [0.717, 1.165) is 0 Å². The van der Waals surface area contributed by atoms with E-state index in [1.807, 2.05) is 0 Å². The van der Waals surface area contributed by atoms with Crippen LogP contribution in [0, 0.1) is 0 Å². The number of hydrogen-bond donors (Lipinski definition) is 0. The lowest BCUT2D eigenvalue weighted by Gasteiger charge is -2.11. The summed E-state index contributed by atoms with van der Waals surface area (Å²) in [4.78, 5) is 11.5. The molecule has 1 aromatic rings. The van der Waals surface area contributed by atoms with Gasteiger partial charge in [-0.05, 0) is 25.1 Å². The first-order chi connectivity index (χ1) is 7.83. The highest BCUT2D eigenvalue weighted by Gasteiger charge is 2.32. The molecule has 0 atom stereocenters. The van der Waals surface area contributed by atoms with Crippen LogP contribution < -0.4 is 4.74 Å². The number of carbonyl (C=O) groups is 1. The molecule has 0 fully saturated rings. The molecule has 6 heteroatoms. The summed E-state index contributed by atoms with van der Waals surface area (Å²) in [6.45, 7) is 1.98. The van der Waals surface area contributed by atoms with Crippen molar-refractivity contribution in [1.82, 2.24) is 0 Å². The first-order valence-corrected chi connectivity index (χ1v) is 5.65. The third-order valence-electron chi connectivity index (χ3n) is 1.90. The van der Waals surface area contributed by atoms with Gasteiger partial charge in [-0.25, -0.2) is 0 Å². The molecule has 0 bridgehead atoms. The van der Waals surface area contributed by atoms with Gasteiger partial charge < -0.3 is 4.74 Å². The Morgan fingerprint density at radius 3 is 2.59 bits per heavy atom. The van der Waals surface area contributed by atoms with Crippen LogP contribution in [0.5, 0.6) is 5.75 Å². The zero-order valence-corrected chi connectivity index (χ0v) is 10.6. The van der Waals surface area contributed by atoms with Crippen molar-refractivity contribution in [1.29, 1.82) is 0 Å². The molecular weight excluding hydrogens is 301 g/mol. The van der Waals surface area contributed by atoms with Crippen LogP contribution >= 0.6 is 15.9 Å². The second-order valence-electron chi connectivity index (χ2n) is 3.29. The van der Waals surface area contributed by atoms with Gasteiger partial charge in [0, 0.05) is 4.47 Å². The normalized spacial score (nSPS) is 11.4. The lowest BCUT2D eigenvalue weighted by Crippen LogP contribution is -2.16. The Morgan fingerprint density at radius 1 is 1.41 bits per heavy atom. The van der Waals surface area contributed by atoms with E-state index in [1.54, 1.807) is 13.0 Å². The highest BCUT2D eigenvalue weighted by molar-refractivity contribution is 9.10. The number of ketones is 1. The molecule has 0 unspecified atom stereocenters. The van der Waals surface area contributed by atoms with Crippen molar-refractivity contribution in [3.8, 4) is 5.75 Å². The average Bonchev–Trinajstić information content (AvgIpc) is 2.18. The monoisotopic (exact) mass is 310 g/mol. The average molecular weight is 311 g/mol. The number of carbonyl (C=O) groups excluding carboxylic acids is 1. The largest absolute Gasteiger partial charge is 0.493 e. The Kier molecular flexibility index (Phi) is 4.56. The molecule has 0 saturated heterocycles. The molecule has 0 N–H and O–H groups in total. The Bertz CT molecular complexity index is 416. The first kappa shape index (κ1) is 14.0. The molecule has 0 aliphatic carbocycles. The minimum Gasteiger partial charge on any atom is -0.493 e. The van der Waals surface area contributed by atoms with E-state index in [4.69, 9.17) is 4.74 Å². The molecule has 2 nitrogen and oxygen atoms in total. The second kappa shape index (κ2) is 5.53. The van der Waals surface area contributed by atoms with Crippen molar-refractivity contribution in [2.24, 2.45) is 0 Å². The summed E-state index contributed by atoms with van der Waals surface area (Å²) in [6.07, 6.45) is -5.99. The van der Waals surface area contributed by atoms with Crippen LogP contribution in [0.1, 0.15) is 23.7 Å². The van der Waals surface area contributed by atoms with E-state index >= 15 is 0 Å². The number of Topliss-reactive ketones (excluding diaryl/α,β-unsaturated/α-hetero) is 1. The number of hydrogen-bond acceptors (Lipinski definition) is 2. The highest BCUT2D eigenvalue weighted by atomic mass is 79.9. The van der Waals surface area contributed by atoms with Gasteiger partial charge in [0.25, 0.3) is 0 Å². The van der Waals surface area contributed by atoms with E-state index < -0.39 is 18.4 Å². The maximum Gasteiger partial charge on any atom is 0.396 e. The molecule has 0 spiro atoms. The maximum atomic E-state index is 12.1. The van der Waals surface area contributed by atoms with E-state index in [0.29, 0.717) is 4.47 Å². The standard InChI is InChI=1S/C11H10BrF3O2/c1-2-17-10-4-3-7(12)5-8(10)9(16)6-11(13,14)15/h3-5H,2,6H2,1H3. The summed E-state index contributed by atoms with van der Waals surface area (Å²) in [5, 5.41) is 0. The van der Waals surface area contributed by atoms with Crippen molar-refractivity contribution in [2.75, 3.05) is 6.61 Å². The summed E-state index contributed by atoms with van der Waals surface area (Å²) in [5.74, 6) is -0.827. The van der Waals surface area contributed by atoms with Crippen molar-refractivity contribution >= 4 is 21.7 Å². The molecule has 0 amide bonds.